The van der Waals surface area contributed by atoms with Gasteiger partial charge in [0.05, 0.1) is 12.1 Å². The van der Waals surface area contributed by atoms with E-state index in [1.54, 1.807) is 0 Å². The summed E-state index contributed by atoms with van der Waals surface area (Å²) < 4.78 is 1.87. The summed E-state index contributed by atoms with van der Waals surface area (Å²) in [6.45, 7) is 1.98. The highest BCUT2D eigenvalue weighted by Crippen LogP contribution is 2.24. The molecular weight excluding hydrogens is 296 g/mol. The number of pyridine rings is 1. The first-order valence-electron chi connectivity index (χ1n) is 7.32. The van der Waals surface area contributed by atoms with Gasteiger partial charge < -0.3 is 9.88 Å². The van der Waals surface area contributed by atoms with Crippen LogP contribution in [0.3, 0.4) is 0 Å². The Morgan fingerprint density at radius 3 is 2.55 bits per heavy atom. The molecule has 3 nitrogen and oxygen atoms in total. The topological polar surface area (TPSA) is 34.0 Å². The van der Waals surface area contributed by atoms with E-state index in [-0.39, 0.29) is 5.56 Å². The predicted molar refractivity (Wildman–Crippen MR) is 89.3 cm³/mol. The minimum Gasteiger partial charge on any atom is -0.308 e. The first kappa shape index (κ1) is 13.6. The fraction of sp³-hybridized carbons (Fsp3) is 0.167. The van der Waals surface area contributed by atoms with Gasteiger partial charge in [0.25, 0.3) is 5.56 Å². The minimum absolute atomic E-state index is 0.105. The lowest BCUT2D eigenvalue weighted by atomic mass is 10.0. The van der Waals surface area contributed by atoms with Crippen molar-refractivity contribution in [1.82, 2.24) is 9.88 Å². The molecule has 4 rings (SSSR count). The first-order chi connectivity index (χ1) is 10.7. The molecule has 22 heavy (non-hydrogen) atoms. The molecule has 0 fully saturated rings. The van der Waals surface area contributed by atoms with E-state index < -0.39 is 0 Å². The number of halogens is 1. The van der Waals surface area contributed by atoms with Crippen molar-refractivity contribution in [2.45, 2.75) is 19.6 Å². The quantitative estimate of drug-likeness (QED) is 0.788. The number of hydrogen-bond donors (Lipinski definition) is 1. The Morgan fingerprint density at radius 1 is 1.00 bits per heavy atom. The molecule has 2 heterocycles. The Bertz CT molecular complexity index is 913. The molecule has 0 spiro atoms. The largest absolute Gasteiger partial charge is 0.308 e. The summed E-state index contributed by atoms with van der Waals surface area (Å²) in [4.78, 5) is 12.8. The van der Waals surface area contributed by atoms with Crippen LogP contribution < -0.4 is 10.9 Å². The van der Waals surface area contributed by atoms with Gasteiger partial charge in [0.1, 0.15) is 0 Å². The highest BCUT2D eigenvalue weighted by atomic mass is 35.5. The van der Waals surface area contributed by atoms with Crippen LogP contribution in [-0.4, -0.2) is 4.57 Å². The molecule has 1 aliphatic rings. The third-order valence-electron chi connectivity index (χ3n) is 4.25. The molecule has 2 aromatic carbocycles. The van der Waals surface area contributed by atoms with E-state index in [1.165, 1.54) is 0 Å². The molecule has 0 saturated heterocycles. The van der Waals surface area contributed by atoms with Crippen molar-refractivity contribution in [3.8, 4) is 0 Å². The number of benzene rings is 2. The second kappa shape index (κ2) is 5.27. The Kier molecular flexibility index (Phi) is 3.25. The number of para-hydroxylation sites is 1. The van der Waals surface area contributed by atoms with Crippen LogP contribution in [0.1, 0.15) is 16.7 Å². The maximum atomic E-state index is 12.8. The molecule has 0 atom stereocenters. The first-order valence-corrected chi connectivity index (χ1v) is 7.70. The van der Waals surface area contributed by atoms with Gasteiger partial charge in [0.15, 0.2) is 0 Å². The van der Waals surface area contributed by atoms with Gasteiger partial charge in [-0.15, -0.1) is 0 Å². The Morgan fingerprint density at radius 2 is 1.73 bits per heavy atom. The number of hydrogen-bond acceptors (Lipinski definition) is 2. The monoisotopic (exact) mass is 310 g/mol. The van der Waals surface area contributed by atoms with Crippen LogP contribution in [0.15, 0.2) is 53.3 Å². The second-order valence-corrected chi connectivity index (χ2v) is 6.03. The normalized spacial score (nSPS) is 13.5. The zero-order valence-electron chi connectivity index (χ0n) is 12.0. The number of rotatable bonds is 2. The van der Waals surface area contributed by atoms with Gasteiger partial charge in [-0.3, -0.25) is 4.79 Å². The van der Waals surface area contributed by atoms with Crippen LogP contribution in [0.25, 0.3) is 10.9 Å². The third-order valence-corrected chi connectivity index (χ3v) is 4.50. The maximum absolute atomic E-state index is 12.8. The van der Waals surface area contributed by atoms with Gasteiger partial charge in [-0.1, -0.05) is 41.9 Å². The lowest BCUT2D eigenvalue weighted by Crippen LogP contribution is -2.25. The summed E-state index contributed by atoms with van der Waals surface area (Å²) in [6, 6.07) is 15.8. The summed E-state index contributed by atoms with van der Waals surface area (Å²) in [6.07, 6.45) is 0. The predicted octanol–water partition coefficient (Wildman–Crippen LogP) is 3.31. The summed E-state index contributed by atoms with van der Waals surface area (Å²) in [5, 5.41) is 5.16. The fourth-order valence-corrected chi connectivity index (χ4v) is 3.28. The molecule has 0 saturated carbocycles. The fourth-order valence-electron chi connectivity index (χ4n) is 3.15. The van der Waals surface area contributed by atoms with E-state index in [0.717, 1.165) is 34.1 Å². The number of nitrogens with one attached hydrogen (secondary N) is 1. The zero-order chi connectivity index (χ0) is 15.1. The molecule has 0 aliphatic carbocycles. The van der Waals surface area contributed by atoms with Crippen molar-refractivity contribution in [1.29, 1.82) is 0 Å². The molecule has 0 radical (unpaired) electrons. The molecule has 110 valence electrons. The molecule has 0 unspecified atom stereocenters. The molecular formula is C18H15ClN2O. The van der Waals surface area contributed by atoms with E-state index in [0.29, 0.717) is 18.1 Å². The maximum Gasteiger partial charge on any atom is 0.256 e. The van der Waals surface area contributed by atoms with Crippen molar-refractivity contribution >= 4 is 22.5 Å². The van der Waals surface area contributed by atoms with E-state index in [1.807, 2.05) is 47.0 Å². The van der Waals surface area contributed by atoms with Crippen molar-refractivity contribution in [3.05, 3.63) is 80.6 Å². The molecule has 1 aliphatic heterocycles. The lowest BCUT2D eigenvalue weighted by Gasteiger charge is -2.14. The highest BCUT2D eigenvalue weighted by Gasteiger charge is 2.20. The average molecular weight is 311 g/mol. The average Bonchev–Trinajstić information content (AvgIpc) is 3.03. The standard InChI is InChI=1S/C18H15ClN2O/c19-13-7-5-12(6-8-13)11-21-17-4-2-1-3-14(17)15-9-20-10-16(15)18(21)22/h1-8,20H,9-11H2. The third kappa shape index (κ3) is 2.14. The molecule has 1 N–H and O–H groups in total. The van der Waals surface area contributed by atoms with Crippen molar-refractivity contribution in [2.75, 3.05) is 0 Å². The molecule has 4 heteroatoms. The summed E-state index contributed by atoms with van der Waals surface area (Å²) in [5.74, 6) is 0. The van der Waals surface area contributed by atoms with Gasteiger partial charge in [-0.25, -0.2) is 0 Å². The molecule has 0 amide bonds. The summed E-state index contributed by atoms with van der Waals surface area (Å²) >= 11 is 5.94. The van der Waals surface area contributed by atoms with Crippen LogP contribution in [0.5, 0.6) is 0 Å². The highest BCUT2D eigenvalue weighted by molar-refractivity contribution is 6.30. The molecule has 0 bridgehead atoms. The van der Waals surface area contributed by atoms with Crippen LogP contribution >= 0.6 is 11.6 Å². The molecule has 1 aromatic heterocycles. The summed E-state index contributed by atoms with van der Waals surface area (Å²) in [7, 11) is 0. The second-order valence-electron chi connectivity index (χ2n) is 5.60. The summed E-state index contributed by atoms with van der Waals surface area (Å²) in [5.41, 5.74) is 4.21. The smallest absolute Gasteiger partial charge is 0.256 e. The van der Waals surface area contributed by atoms with Gasteiger partial charge in [-0.2, -0.15) is 0 Å². The van der Waals surface area contributed by atoms with Crippen LogP contribution in [0.4, 0.5) is 0 Å². The van der Waals surface area contributed by atoms with Gasteiger partial charge >= 0.3 is 0 Å². The zero-order valence-corrected chi connectivity index (χ0v) is 12.7. The lowest BCUT2D eigenvalue weighted by molar-refractivity contribution is 0.747. The van der Waals surface area contributed by atoms with Gasteiger partial charge in [0.2, 0.25) is 0 Å². The van der Waals surface area contributed by atoms with Gasteiger partial charge in [0, 0.05) is 29.1 Å². The van der Waals surface area contributed by atoms with Gasteiger partial charge in [-0.05, 0) is 29.3 Å². The SMILES string of the molecule is O=c1c2c(c3ccccc3n1Cc1ccc(Cl)cc1)CNC2. The number of nitrogens with zero attached hydrogens (tertiary/aromatic N) is 1. The van der Waals surface area contributed by atoms with Crippen LogP contribution in [-0.2, 0) is 19.6 Å². The Balaban J connectivity index is 1.93. The van der Waals surface area contributed by atoms with E-state index in [9.17, 15) is 4.79 Å². The number of fused-ring (bicyclic) bond motifs is 3. The minimum atomic E-state index is 0.105. The van der Waals surface area contributed by atoms with Crippen LogP contribution in [0, 0.1) is 0 Å². The van der Waals surface area contributed by atoms with E-state index in [2.05, 4.69) is 11.4 Å². The molecule has 3 aromatic rings. The Labute approximate surface area is 133 Å². The van der Waals surface area contributed by atoms with E-state index >= 15 is 0 Å². The number of aromatic nitrogens is 1. The van der Waals surface area contributed by atoms with Crippen molar-refractivity contribution in [3.63, 3.8) is 0 Å². The van der Waals surface area contributed by atoms with E-state index in [4.69, 9.17) is 11.6 Å². The van der Waals surface area contributed by atoms with Crippen molar-refractivity contribution in [2.24, 2.45) is 0 Å². The van der Waals surface area contributed by atoms with Crippen LogP contribution in [0.2, 0.25) is 5.02 Å². The Hall–Kier alpha value is -2.10. The van der Waals surface area contributed by atoms with Crippen molar-refractivity contribution < 1.29 is 0 Å².